The minimum Gasteiger partial charge on any atom is -0.497 e. The van der Waals surface area contributed by atoms with E-state index >= 15 is 0 Å². The maximum atomic E-state index is 5.08. The molecule has 0 atom stereocenters. The number of rotatable bonds is 3. The Morgan fingerprint density at radius 1 is 1.07 bits per heavy atom. The van der Waals surface area contributed by atoms with Gasteiger partial charge < -0.3 is 10.1 Å². The van der Waals surface area contributed by atoms with Crippen molar-refractivity contribution in [3.8, 4) is 5.75 Å². The fourth-order valence-electron chi connectivity index (χ4n) is 1.18. The van der Waals surface area contributed by atoms with Gasteiger partial charge in [0.2, 0.25) is 0 Å². The number of anilines is 2. The quantitative estimate of drug-likeness (QED) is 0.828. The van der Waals surface area contributed by atoms with E-state index in [-0.39, 0.29) is 0 Å². The molecule has 2 nitrogen and oxygen atoms in total. The normalized spacial score (nSPS) is 9.79. The lowest BCUT2D eigenvalue weighted by atomic mass is 10.3. The zero-order chi connectivity index (χ0) is 9.80. The van der Waals surface area contributed by atoms with Crippen molar-refractivity contribution in [2.45, 2.75) is 0 Å². The predicted molar refractivity (Wildman–Crippen MR) is 60.6 cm³/mol. The van der Waals surface area contributed by atoms with Gasteiger partial charge in [0, 0.05) is 16.8 Å². The molecule has 1 N–H and O–H groups in total. The molecule has 0 amide bonds. The Labute approximate surface area is 87.2 Å². The molecule has 0 aliphatic rings. The molecule has 14 heavy (non-hydrogen) atoms. The van der Waals surface area contributed by atoms with E-state index in [9.17, 15) is 0 Å². The topological polar surface area (TPSA) is 21.3 Å². The van der Waals surface area contributed by atoms with Crippen molar-refractivity contribution in [3.63, 3.8) is 0 Å². The lowest BCUT2D eigenvalue weighted by Gasteiger charge is -2.04. The van der Waals surface area contributed by atoms with Crippen LogP contribution >= 0.6 is 11.3 Å². The molecule has 0 aliphatic heterocycles. The first-order valence-corrected chi connectivity index (χ1v) is 5.26. The van der Waals surface area contributed by atoms with E-state index < -0.39 is 0 Å². The molecule has 0 radical (unpaired) electrons. The lowest BCUT2D eigenvalue weighted by molar-refractivity contribution is 0.415. The largest absolute Gasteiger partial charge is 0.497 e. The Morgan fingerprint density at radius 3 is 2.43 bits per heavy atom. The molecular formula is C11H11NOS. The van der Waals surface area contributed by atoms with Crippen LogP contribution in [0, 0.1) is 0 Å². The Morgan fingerprint density at radius 2 is 1.86 bits per heavy atom. The second-order valence-electron chi connectivity index (χ2n) is 2.87. The van der Waals surface area contributed by atoms with Crippen LogP contribution in [0.4, 0.5) is 11.4 Å². The Hall–Kier alpha value is -1.48. The summed E-state index contributed by atoms with van der Waals surface area (Å²) in [7, 11) is 1.67. The van der Waals surface area contributed by atoms with Crippen LogP contribution in [-0.2, 0) is 0 Å². The van der Waals surface area contributed by atoms with Crippen LogP contribution in [-0.4, -0.2) is 7.11 Å². The molecule has 1 heterocycles. The van der Waals surface area contributed by atoms with Gasteiger partial charge >= 0.3 is 0 Å². The fourth-order valence-corrected chi connectivity index (χ4v) is 1.76. The van der Waals surface area contributed by atoms with Gasteiger partial charge in [-0.15, -0.1) is 0 Å². The van der Waals surface area contributed by atoms with Gasteiger partial charge in [-0.3, -0.25) is 0 Å². The fraction of sp³-hybridized carbons (Fsp3) is 0.0909. The van der Waals surface area contributed by atoms with Crippen molar-refractivity contribution in [3.05, 3.63) is 41.1 Å². The molecule has 0 bridgehead atoms. The summed E-state index contributed by atoms with van der Waals surface area (Å²) >= 11 is 1.68. The summed E-state index contributed by atoms with van der Waals surface area (Å²) in [5.41, 5.74) is 2.20. The van der Waals surface area contributed by atoms with Crippen LogP contribution in [0.1, 0.15) is 0 Å². The van der Waals surface area contributed by atoms with Gasteiger partial charge in [0.05, 0.1) is 7.11 Å². The predicted octanol–water partition coefficient (Wildman–Crippen LogP) is 3.50. The molecule has 0 fully saturated rings. The summed E-state index contributed by atoms with van der Waals surface area (Å²) in [4.78, 5) is 0. The molecule has 0 unspecified atom stereocenters. The van der Waals surface area contributed by atoms with Crippen LogP contribution in [0.2, 0.25) is 0 Å². The van der Waals surface area contributed by atoms with Gasteiger partial charge in [0.1, 0.15) is 5.75 Å². The van der Waals surface area contributed by atoms with E-state index in [2.05, 4.69) is 16.8 Å². The van der Waals surface area contributed by atoms with Crippen molar-refractivity contribution < 1.29 is 4.74 Å². The second-order valence-corrected chi connectivity index (χ2v) is 3.65. The molecule has 0 aliphatic carbocycles. The van der Waals surface area contributed by atoms with Crippen molar-refractivity contribution >= 4 is 22.7 Å². The Balaban J connectivity index is 2.10. The van der Waals surface area contributed by atoms with Crippen LogP contribution in [0.25, 0.3) is 0 Å². The van der Waals surface area contributed by atoms with Gasteiger partial charge in [-0.25, -0.2) is 0 Å². The molecule has 72 valence electrons. The standard InChI is InChI=1S/C11H11NOS/c1-13-11-4-2-9(3-5-11)12-10-6-7-14-8-10/h2-8,12H,1H3. The molecule has 2 rings (SSSR count). The highest BCUT2D eigenvalue weighted by molar-refractivity contribution is 7.08. The third kappa shape index (κ3) is 2.06. The summed E-state index contributed by atoms with van der Waals surface area (Å²) in [5, 5.41) is 7.41. The lowest BCUT2D eigenvalue weighted by Crippen LogP contribution is -1.88. The van der Waals surface area contributed by atoms with Crippen molar-refractivity contribution in [1.82, 2.24) is 0 Å². The second kappa shape index (κ2) is 4.15. The van der Waals surface area contributed by atoms with Crippen LogP contribution < -0.4 is 10.1 Å². The highest BCUT2D eigenvalue weighted by Crippen LogP contribution is 2.21. The van der Waals surface area contributed by atoms with E-state index in [1.165, 1.54) is 0 Å². The van der Waals surface area contributed by atoms with E-state index in [4.69, 9.17) is 4.74 Å². The number of methoxy groups -OCH3 is 1. The van der Waals surface area contributed by atoms with E-state index in [1.807, 2.05) is 29.6 Å². The molecule has 1 aromatic carbocycles. The van der Waals surface area contributed by atoms with Crippen molar-refractivity contribution in [2.24, 2.45) is 0 Å². The SMILES string of the molecule is COc1ccc(Nc2ccsc2)cc1. The summed E-state index contributed by atoms with van der Waals surface area (Å²) in [6.07, 6.45) is 0. The third-order valence-corrected chi connectivity index (χ3v) is 2.58. The minimum absolute atomic E-state index is 0.876. The first-order valence-electron chi connectivity index (χ1n) is 4.32. The van der Waals surface area contributed by atoms with Crippen molar-refractivity contribution in [2.75, 3.05) is 12.4 Å². The molecular weight excluding hydrogens is 194 g/mol. The summed E-state index contributed by atoms with van der Waals surface area (Å²) < 4.78 is 5.08. The Kier molecular flexibility index (Phi) is 2.70. The minimum atomic E-state index is 0.876. The van der Waals surface area contributed by atoms with E-state index in [0.717, 1.165) is 17.1 Å². The molecule has 2 aromatic rings. The van der Waals surface area contributed by atoms with Gasteiger partial charge in [0.15, 0.2) is 0 Å². The number of hydrogen-bond donors (Lipinski definition) is 1. The molecule has 0 saturated carbocycles. The van der Waals surface area contributed by atoms with Gasteiger partial charge in [-0.1, -0.05) is 0 Å². The van der Waals surface area contributed by atoms with Crippen molar-refractivity contribution in [1.29, 1.82) is 0 Å². The third-order valence-electron chi connectivity index (χ3n) is 1.90. The number of nitrogens with one attached hydrogen (secondary N) is 1. The average molecular weight is 205 g/mol. The molecule has 3 heteroatoms. The van der Waals surface area contributed by atoms with E-state index in [0.29, 0.717) is 0 Å². The smallest absolute Gasteiger partial charge is 0.119 e. The molecule has 0 spiro atoms. The van der Waals surface area contributed by atoms with Gasteiger partial charge in [-0.05, 0) is 35.7 Å². The first-order chi connectivity index (χ1) is 6.88. The monoisotopic (exact) mass is 205 g/mol. The first kappa shape index (κ1) is 9.09. The number of thiophene rings is 1. The summed E-state index contributed by atoms with van der Waals surface area (Å²) in [5.74, 6) is 0.876. The number of benzene rings is 1. The van der Waals surface area contributed by atoms with Gasteiger partial charge in [-0.2, -0.15) is 11.3 Å². The molecule has 0 saturated heterocycles. The number of hydrogen-bond acceptors (Lipinski definition) is 3. The zero-order valence-electron chi connectivity index (χ0n) is 7.86. The maximum absolute atomic E-state index is 5.08. The summed E-state index contributed by atoms with van der Waals surface area (Å²) in [6, 6.07) is 9.92. The maximum Gasteiger partial charge on any atom is 0.119 e. The Bertz CT molecular complexity index is 380. The van der Waals surface area contributed by atoms with Gasteiger partial charge in [0.25, 0.3) is 0 Å². The average Bonchev–Trinajstić information content (AvgIpc) is 2.72. The highest BCUT2D eigenvalue weighted by atomic mass is 32.1. The van der Waals surface area contributed by atoms with Crippen LogP contribution in [0.3, 0.4) is 0 Å². The molecule has 1 aromatic heterocycles. The van der Waals surface area contributed by atoms with E-state index in [1.54, 1.807) is 18.4 Å². The van der Waals surface area contributed by atoms with Crippen LogP contribution in [0.15, 0.2) is 41.1 Å². The summed E-state index contributed by atoms with van der Waals surface area (Å²) in [6.45, 7) is 0. The number of ether oxygens (including phenoxy) is 1. The zero-order valence-corrected chi connectivity index (χ0v) is 8.67. The van der Waals surface area contributed by atoms with Crippen LogP contribution in [0.5, 0.6) is 5.75 Å². The highest BCUT2D eigenvalue weighted by Gasteiger charge is 1.95.